The number of hydrogen-bond donors (Lipinski definition) is 2. The number of aryl methyl sites for hydroxylation is 1. The lowest BCUT2D eigenvalue weighted by molar-refractivity contribution is 0.285. The van der Waals surface area contributed by atoms with Gasteiger partial charge in [-0.05, 0) is 47.1 Å². The number of aliphatic hydroxyl groups is 1. The molecule has 2 N–H and O–H groups in total. The summed E-state index contributed by atoms with van der Waals surface area (Å²) in [6.45, 7) is 1.55. The number of thiophene rings is 1. The molecule has 0 aliphatic carbocycles. The molecule has 1 heterocycles. The maximum Gasteiger partial charge on any atom is 0.263 e. The SMILES string of the molecule is Cc1sc(CO)cc1S(=O)(=O)Nc1ccc(Br)cc1Br. The van der Waals surface area contributed by atoms with E-state index in [0.717, 1.165) is 4.47 Å². The van der Waals surface area contributed by atoms with Crippen molar-refractivity contribution in [2.75, 3.05) is 4.72 Å². The average Bonchev–Trinajstić information content (AvgIpc) is 2.75. The highest BCUT2D eigenvalue weighted by Gasteiger charge is 2.20. The number of anilines is 1. The summed E-state index contributed by atoms with van der Waals surface area (Å²) < 4.78 is 28.8. The minimum absolute atomic E-state index is 0.164. The van der Waals surface area contributed by atoms with Crippen molar-refractivity contribution in [1.82, 2.24) is 0 Å². The lowest BCUT2D eigenvalue weighted by Crippen LogP contribution is -2.13. The van der Waals surface area contributed by atoms with Crippen molar-refractivity contribution in [3.63, 3.8) is 0 Å². The Morgan fingerprint density at radius 1 is 1.30 bits per heavy atom. The fourth-order valence-electron chi connectivity index (χ4n) is 1.64. The van der Waals surface area contributed by atoms with Gasteiger partial charge in [0.15, 0.2) is 0 Å². The molecule has 4 nitrogen and oxygen atoms in total. The highest BCUT2D eigenvalue weighted by molar-refractivity contribution is 9.11. The van der Waals surface area contributed by atoms with E-state index >= 15 is 0 Å². The monoisotopic (exact) mass is 439 g/mol. The minimum Gasteiger partial charge on any atom is -0.391 e. The second-order valence-corrected chi connectivity index (χ2v) is 8.78. The molecule has 0 saturated heterocycles. The molecule has 1 aromatic carbocycles. The highest BCUT2D eigenvalue weighted by Crippen LogP contribution is 2.31. The molecule has 2 rings (SSSR count). The molecule has 0 aliphatic rings. The van der Waals surface area contributed by atoms with Crippen LogP contribution in [0.5, 0.6) is 0 Å². The molecular weight excluding hydrogens is 430 g/mol. The van der Waals surface area contributed by atoms with E-state index in [1.807, 2.05) is 0 Å². The molecule has 0 radical (unpaired) electrons. The van der Waals surface area contributed by atoms with Gasteiger partial charge in [0.25, 0.3) is 10.0 Å². The molecule has 0 spiro atoms. The van der Waals surface area contributed by atoms with Gasteiger partial charge in [-0.3, -0.25) is 4.72 Å². The van der Waals surface area contributed by atoms with Crippen molar-refractivity contribution >= 4 is 58.9 Å². The van der Waals surface area contributed by atoms with Crippen LogP contribution in [0, 0.1) is 6.92 Å². The lowest BCUT2D eigenvalue weighted by atomic mass is 10.3. The molecular formula is C12H11Br2NO3S2. The van der Waals surface area contributed by atoms with Crippen molar-refractivity contribution in [2.24, 2.45) is 0 Å². The maximum atomic E-state index is 12.4. The van der Waals surface area contributed by atoms with E-state index in [4.69, 9.17) is 5.11 Å². The number of aliphatic hydroxyl groups excluding tert-OH is 1. The average molecular weight is 441 g/mol. The number of sulfonamides is 1. The van der Waals surface area contributed by atoms with Gasteiger partial charge < -0.3 is 5.11 Å². The summed E-state index contributed by atoms with van der Waals surface area (Å²) in [6.07, 6.45) is 0. The van der Waals surface area contributed by atoms with Gasteiger partial charge in [0, 0.05) is 18.7 Å². The van der Waals surface area contributed by atoms with Crippen LogP contribution in [-0.2, 0) is 16.6 Å². The van der Waals surface area contributed by atoms with Crippen LogP contribution in [0.4, 0.5) is 5.69 Å². The Hall–Kier alpha value is -0.410. The first-order valence-corrected chi connectivity index (χ1v) is 9.40. The van der Waals surface area contributed by atoms with Crippen molar-refractivity contribution in [2.45, 2.75) is 18.4 Å². The third-order valence-corrected chi connectivity index (χ3v) is 6.35. The zero-order valence-corrected chi connectivity index (χ0v) is 15.2. The van der Waals surface area contributed by atoms with Crippen molar-refractivity contribution in [3.8, 4) is 0 Å². The molecule has 0 atom stereocenters. The zero-order chi connectivity index (χ0) is 14.9. The number of benzene rings is 1. The molecule has 0 bridgehead atoms. The summed E-state index contributed by atoms with van der Waals surface area (Å²) in [5.74, 6) is 0. The van der Waals surface area contributed by atoms with Gasteiger partial charge in [0.05, 0.1) is 12.3 Å². The van der Waals surface area contributed by atoms with Crippen LogP contribution in [0.1, 0.15) is 9.75 Å². The van der Waals surface area contributed by atoms with Crippen LogP contribution >= 0.6 is 43.2 Å². The molecule has 2 aromatic rings. The van der Waals surface area contributed by atoms with E-state index in [2.05, 4.69) is 36.6 Å². The summed E-state index contributed by atoms with van der Waals surface area (Å²) in [7, 11) is -3.66. The Balaban J connectivity index is 2.38. The highest BCUT2D eigenvalue weighted by atomic mass is 79.9. The largest absolute Gasteiger partial charge is 0.391 e. The quantitative estimate of drug-likeness (QED) is 0.758. The summed E-state index contributed by atoms with van der Waals surface area (Å²) in [4.78, 5) is 1.47. The molecule has 0 fully saturated rings. The molecule has 0 aliphatic heterocycles. The van der Waals surface area contributed by atoms with E-state index < -0.39 is 10.0 Å². The van der Waals surface area contributed by atoms with Crippen LogP contribution in [-0.4, -0.2) is 13.5 Å². The molecule has 0 saturated carbocycles. The van der Waals surface area contributed by atoms with E-state index in [1.165, 1.54) is 17.4 Å². The summed E-state index contributed by atoms with van der Waals surface area (Å²) >= 11 is 7.90. The molecule has 8 heteroatoms. The number of hydrogen-bond acceptors (Lipinski definition) is 4. The van der Waals surface area contributed by atoms with E-state index in [9.17, 15) is 8.42 Å². The first-order chi connectivity index (χ1) is 9.33. The van der Waals surface area contributed by atoms with E-state index in [-0.39, 0.29) is 11.5 Å². The predicted molar refractivity (Wildman–Crippen MR) is 87.6 cm³/mol. The van der Waals surface area contributed by atoms with Crippen LogP contribution in [0.2, 0.25) is 0 Å². The molecule has 0 unspecified atom stereocenters. The lowest BCUT2D eigenvalue weighted by Gasteiger charge is -2.09. The van der Waals surface area contributed by atoms with Crippen molar-refractivity contribution in [1.29, 1.82) is 0 Å². The molecule has 1 aromatic heterocycles. The Labute approximate surface area is 138 Å². The van der Waals surface area contributed by atoms with Gasteiger partial charge in [-0.25, -0.2) is 8.42 Å². The number of rotatable bonds is 4. The Morgan fingerprint density at radius 2 is 2.00 bits per heavy atom. The predicted octanol–water partition coefficient (Wildman–Crippen LogP) is 3.87. The second-order valence-electron chi connectivity index (χ2n) is 4.02. The normalized spacial score (nSPS) is 11.6. The van der Waals surface area contributed by atoms with Gasteiger partial charge in [0.2, 0.25) is 0 Å². The fourth-order valence-corrected chi connectivity index (χ4v) is 5.49. The molecule has 20 heavy (non-hydrogen) atoms. The topological polar surface area (TPSA) is 66.4 Å². The number of nitrogens with one attached hydrogen (secondary N) is 1. The van der Waals surface area contributed by atoms with Gasteiger partial charge in [0.1, 0.15) is 4.90 Å². The zero-order valence-electron chi connectivity index (χ0n) is 10.4. The minimum atomic E-state index is -3.66. The smallest absolute Gasteiger partial charge is 0.263 e. The Morgan fingerprint density at radius 3 is 2.55 bits per heavy atom. The summed E-state index contributed by atoms with van der Waals surface area (Å²) in [5.41, 5.74) is 0.462. The molecule has 108 valence electrons. The van der Waals surface area contributed by atoms with E-state index in [1.54, 1.807) is 25.1 Å². The number of halogens is 2. The maximum absolute atomic E-state index is 12.4. The van der Waals surface area contributed by atoms with Gasteiger partial charge in [-0.15, -0.1) is 11.3 Å². The summed E-state index contributed by atoms with van der Waals surface area (Å²) in [5, 5.41) is 9.09. The Bertz CT molecular complexity index is 741. The second kappa shape index (κ2) is 6.15. The van der Waals surface area contributed by atoms with E-state index in [0.29, 0.717) is 19.9 Å². The first kappa shape index (κ1) is 16.0. The Kier molecular flexibility index (Phi) is 4.91. The fraction of sp³-hybridized carbons (Fsp3) is 0.167. The van der Waals surface area contributed by atoms with Gasteiger partial charge >= 0.3 is 0 Å². The molecule has 0 amide bonds. The van der Waals surface area contributed by atoms with Crippen LogP contribution in [0.15, 0.2) is 38.1 Å². The van der Waals surface area contributed by atoms with Gasteiger partial charge in [-0.1, -0.05) is 15.9 Å². The van der Waals surface area contributed by atoms with Crippen molar-refractivity contribution < 1.29 is 13.5 Å². The summed E-state index contributed by atoms with van der Waals surface area (Å²) in [6, 6.07) is 6.68. The van der Waals surface area contributed by atoms with Crippen LogP contribution < -0.4 is 4.72 Å². The van der Waals surface area contributed by atoms with Crippen LogP contribution in [0.25, 0.3) is 0 Å². The third kappa shape index (κ3) is 3.43. The standard InChI is InChI=1S/C12H11Br2NO3S2/c1-7-12(5-9(6-16)19-7)20(17,18)15-11-3-2-8(13)4-10(11)14/h2-5,15-16H,6H2,1H3. The third-order valence-electron chi connectivity index (χ3n) is 2.54. The van der Waals surface area contributed by atoms with Crippen molar-refractivity contribution in [3.05, 3.63) is 43.0 Å². The van der Waals surface area contributed by atoms with Gasteiger partial charge in [-0.2, -0.15) is 0 Å². The first-order valence-electron chi connectivity index (χ1n) is 5.51. The van der Waals surface area contributed by atoms with Crippen LogP contribution in [0.3, 0.4) is 0 Å².